The summed E-state index contributed by atoms with van der Waals surface area (Å²) in [5, 5.41) is 15.0. The summed E-state index contributed by atoms with van der Waals surface area (Å²) in [6, 6.07) is 7.00. The fourth-order valence-electron chi connectivity index (χ4n) is 3.92. The molecule has 6 heteroatoms. The van der Waals surface area contributed by atoms with Crippen LogP contribution in [0.1, 0.15) is 49.6 Å². The smallest absolute Gasteiger partial charge is 0.158 e. The zero-order chi connectivity index (χ0) is 19.7. The number of aryl methyl sites for hydroxylation is 1. The molecule has 0 amide bonds. The first-order chi connectivity index (χ1) is 13.5. The van der Waals surface area contributed by atoms with Crippen LogP contribution in [0.15, 0.2) is 35.7 Å². The van der Waals surface area contributed by atoms with E-state index in [0.717, 1.165) is 34.4 Å². The van der Waals surface area contributed by atoms with Gasteiger partial charge in [-0.1, -0.05) is 39.3 Å². The van der Waals surface area contributed by atoms with E-state index in [-0.39, 0.29) is 5.75 Å². The highest BCUT2D eigenvalue weighted by molar-refractivity contribution is 7.19. The Kier molecular flexibility index (Phi) is 5.06. The van der Waals surface area contributed by atoms with Gasteiger partial charge in [-0.3, -0.25) is 5.43 Å². The molecular formula is C22H26N4OS. The second-order valence-corrected chi connectivity index (χ2v) is 9.24. The van der Waals surface area contributed by atoms with Crippen LogP contribution >= 0.6 is 11.3 Å². The summed E-state index contributed by atoms with van der Waals surface area (Å²) in [5.74, 6) is 1.66. The lowest BCUT2D eigenvalue weighted by Crippen LogP contribution is -2.28. The van der Waals surface area contributed by atoms with Crippen LogP contribution in [0.4, 0.5) is 5.82 Å². The summed E-state index contributed by atoms with van der Waals surface area (Å²) in [7, 11) is 0. The van der Waals surface area contributed by atoms with Gasteiger partial charge in [0.05, 0.1) is 11.6 Å². The third kappa shape index (κ3) is 3.61. The molecule has 1 aromatic carbocycles. The molecule has 0 unspecified atom stereocenters. The van der Waals surface area contributed by atoms with Crippen LogP contribution < -0.4 is 5.43 Å². The monoisotopic (exact) mass is 394 g/mol. The molecule has 0 saturated carbocycles. The number of hydrogen-bond donors (Lipinski definition) is 2. The number of rotatable bonds is 5. The van der Waals surface area contributed by atoms with E-state index in [4.69, 9.17) is 0 Å². The fourth-order valence-corrected chi connectivity index (χ4v) is 5.11. The maximum absolute atomic E-state index is 9.58. The third-order valence-electron chi connectivity index (χ3n) is 6.11. The molecule has 2 heterocycles. The van der Waals surface area contributed by atoms with Crippen molar-refractivity contribution in [1.82, 2.24) is 9.97 Å². The van der Waals surface area contributed by atoms with Gasteiger partial charge in [0.2, 0.25) is 0 Å². The molecule has 1 aliphatic rings. The van der Waals surface area contributed by atoms with Crippen molar-refractivity contribution < 1.29 is 5.11 Å². The Labute approximate surface area is 169 Å². The molecule has 3 aromatic rings. The van der Waals surface area contributed by atoms with Gasteiger partial charge in [0.15, 0.2) is 5.82 Å². The fraction of sp³-hybridized carbons (Fsp3) is 0.409. The zero-order valence-corrected chi connectivity index (χ0v) is 17.4. The normalized spacial score (nSPS) is 17.2. The number of aromatic nitrogens is 2. The van der Waals surface area contributed by atoms with Gasteiger partial charge in [0.1, 0.15) is 16.9 Å². The lowest BCUT2D eigenvalue weighted by Gasteiger charge is -2.36. The Bertz CT molecular complexity index is 1020. The largest absolute Gasteiger partial charge is 0.508 e. The van der Waals surface area contributed by atoms with Crippen LogP contribution in [0.5, 0.6) is 5.75 Å². The van der Waals surface area contributed by atoms with Crippen molar-refractivity contribution in [2.75, 3.05) is 5.43 Å². The van der Waals surface area contributed by atoms with E-state index in [9.17, 15) is 5.11 Å². The first-order valence-corrected chi connectivity index (χ1v) is 10.6. The summed E-state index contributed by atoms with van der Waals surface area (Å²) >= 11 is 1.79. The van der Waals surface area contributed by atoms with Crippen LogP contribution in [0.2, 0.25) is 0 Å². The first-order valence-electron chi connectivity index (χ1n) is 9.81. The van der Waals surface area contributed by atoms with E-state index in [0.29, 0.717) is 11.3 Å². The summed E-state index contributed by atoms with van der Waals surface area (Å²) in [6.07, 6.45) is 7.92. The quantitative estimate of drug-likeness (QED) is 0.450. The summed E-state index contributed by atoms with van der Waals surface area (Å²) < 4.78 is 0. The van der Waals surface area contributed by atoms with E-state index >= 15 is 0 Å². The molecule has 0 fully saturated rings. The Morgan fingerprint density at radius 3 is 3.00 bits per heavy atom. The van der Waals surface area contributed by atoms with E-state index in [1.807, 2.05) is 6.07 Å². The number of thiophene rings is 1. The van der Waals surface area contributed by atoms with Crippen molar-refractivity contribution in [2.45, 2.75) is 46.5 Å². The second-order valence-electron chi connectivity index (χ2n) is 8.15. The van der Waals surface area contributed by atoms with Crippen molar-refractivity contribution in [3.8, 4) is 5.75 Å². The van der Waals surface area contributed by atoms with E-state index in [1.54, 1.807) is 42.1 Å². The highest BCUT2D eigenvalue weighted by Gasteiger charge is 2.33. The number of hydrogen-bond acceptors (Lipinski definition) is 6. The minimum Gasteiger partial charge on any atom is -0.508 e. The first kappa shape index (κ1) is 18.9. The molecule has 4 rings (SSSR count). The average molecular weight is 395 g/mol. The lowest BCUT2D eigenvalue weighted by molar-refractivity contribution is 0.184. The predicted octanol–water partition coefficient (Wildman–Crippen LogP) is 5.38. The maximum atomic E-state index is 9.58. The number of benzene rings is 1. The molecule has 2 N–H and O–H groups in total. The van der Waals surface area contributed by atoms with Crippen LogP contribution in [0, 0.1) is 11.3 Å². The molecule has 2 aromatic heterocycles. The number of nitrogens with zero attached hydrogens (tertiary/aromatic N) is 3. The van der Waals surface area contributed by atoms with Crippen molar-refractivity contribution in [3.05, 3.63) is 46.6 Å². The van der Waals surface area contributed by atoms with Crippen LogP contribution in [0.25, 0.3) is 10.2 Å². The van der Waals surface area contributed by atoms with Gasteiger partial charge < -0.3 is 5.11 Å². The number of anilines is 1. The van der Waals surface area contributed by atoms with Crippen molar-refractivity contribution >= 4 is 33.6 Å². The summed E-state index contributed by atoms with van der Waals surface area (Å²) in [5.41, 5.74) is 5.66. The minimum absolute atomic E-state index is 0.227. The van der Waals surface area contributed by atoms with Crippen LogP contribution in [-0.2, 0) is 12.8 Å². The Balaban J connectivity index is 1.64. The molecule has 28 heavy (non-hydrogen) atoms. The molecule has 1 aliphatic carbocycles. The van der Waals surface area contributed by atoms with Crippen molar-refractivity contribution in [1.29, 1.82) is 0 Å². The molecule has 0 saturated heterocycles. The van der Waals surface area contributed by atoms with Gasteiger partial charge in [0, 0.05) is 4.88 Å². The third-order valence-corrected chi connectivity index (χ3v) is 7.31. The maximum Gasteiger partial charge on any atom is 0.158 e. The van der Waals surface area contributed by atoms with Gasteiger partial charge in [-0.2, -0.15) is 5.10 Å². The number of nitrogens with one attached hydrogen (secondary N) is 1. The Morgan fingerprint density at radius 2 is 2.21 bits per heavy atom. The molecule has 1 atom stereocenters. The average Bonchev–Trinajstić information content (AvgIpc) is 3.06. The SMILES string of the molecule is CCC(C)(C)[C@@H]1CCc2sc3ncnc(N/N=C\c4cccc(O)c4)c3c2C1. The molecule has 0 aliphatic heterocycles. The van der Waals surface area contributed by atoms with Crippen LogP contribution in [-0.4, -0.2) is 21.3 Å². The zero-order valence-electron chi connectivity index (χ0n) is 16.6. The number of hydrazone groups is 1. The minimum atomic E-state index is 0.227. The van der Waals surface area contributed by atoms with Crippen LogP contribution in [0.3, 0.4) is 0 Å². The van der Waals surface area contributed by atoms with Crippen molar-refractivity contribution in [3.63, 3.8) is 0 Å². The Morgan fingerprint density at radius 1 is 1.36 bits per heavy atom. The van der Waals surface area contributed by atoms with Gasteiger partial charge in [-0.25, -0.2) is 9.97 Å². The van der Waals surface area contributed by atoms with Gasteiger partial charge in [-0.05, 0) is 53.9 Å². The molecule has 146 valence electrons. The van der Waals surface area contributed by atoms with Crippen molar-refractivity contribution in [2.24, 2.45) is 16.4 Å². The number of phenolic OH excluding ortho intramolecular Hbond substituents is 1. The molecular weight excluding hydrogens is 368 g/mol. The highest BCUT2D eigenvalue weighted by Crippen LogP contribution is 2.45. The van der Waals surface area contributed by atoms with E-state index < -0.39 is 0 Å². The molecule has 5 nitrogen and oxygen atoms in total. The van der Waals surface area contributed by atoms with Gasteiger partial charge >= 0.3 is 0 Å². The second kappa shape index (κ2) is 7.51. The highest BCUT2D eigenvalue weighted by atomic mass is 32.1. The lowest BCUT2D eigenvalue weighted by atomic mass is 9.69. The van der Waals surface area contributed by atoms with E-state index in [1.165, 1.54) is 23.3 Å². The molecule has 0 spiro atoms. The van der Waals surface area contributed by atoms with Gasteiger partial charge in [-0.15, -0.1) is 11.3 Å². The summed E-state index contributed by atoms with van der Waals surface area (Å²) in [6.45, 7) is 7.05. The number of fused-ring (bicyclic) bond motifs is 3. The van der Waals surface area contributed by atoms with E-state index in [2.05, 4.69) is 41.3 Å². The predicted molar refractivity (Wildman–Crippen MR) is 116 cm³/mol. The standard InChI is InChI=1S/C22H26N4OS/c1-4-22(2,3)15-8-9-18-17(11-15)19-20(23-13-24-21(19)28-18)26-25-12-14-6-5-7-16(27)10-14/h5-7,10,12-13,15,27H,4,8-9,11H2,1-3H3,(H,23,24,26)/b25-12-/t15-/m1/s1. The molecule has 0 bridgehead atoms. The van der Waals surface area contributed by atoms with Gasteiger partial charge in [0.25, 0.3) is 0 Å². The summed E-state index contributed by atoms with van der Waals surface area (Å²) in [4.78, 5) is 11.5. The Hall–Kier alpha value is -2.47. The number of phenols is 1. The topological polar surface area (TPSA) is 70.4 Å². The molecule has 0 radical (unpaired) electrons. The number of aromatic hydroxyl groups is 1.